The fourth-order valence-corrected chi connectivity index (χ4v) is 4.65. The van der Waals surface area contributed by atoms with Crippen LogP contribution in [-0.4, -0.2) is 15.7 Å². The quantitative estimate of drug-likeness (QED) is 0.523. The van der Waals surface area contributed by atoms with Crippen LogP contribution in [-0.2, 0) is 6.42 Å². The van der Waals surface area contributed by atoms with Gasteiger partial charge in [0.1, 0.15) is 12.1 Å². The molecule has 0 bridgehead atoms. The van der Waals surface area contributed by atoms with Crippen molar-refractivity contribution in [2.24, 2.45) is 0 Å². The predicted molar refractivity (Wildman–Crippen MR) is 106 cm³/mol. The molecule has 1 aromatic heterocycles. The van der Waals surface area contributed by atoms with Gasteiger partial charge in [-0.15, -0.1) is 11.8 Å². The topological polar surface area (TPSA) is 37.8 Å². The van der Waals surface area contributed by atoms with Gasteiger partial charge in [-0.3, -0.25) is 0 Å². The summed E-state index contributed by atoms with van der Waals surface area (Å²) in [5, 5.41) is 7.19. The van der Waals surface area contributed by atoms with Crippen LogP contribution in [0.2, 0.25) is 0 Å². The highest BCUT2D eigenvalue weighted by Crippen LogP contribution is 2.39. The highest BCUT2D eigenvalue weighted by Gasteiger charge is 2.18. The van der Waals surface area contributed by atoms with Crippen LogP contribution in [0.3, 0.4) is 0 Å². The Morgan fingerprint density at radius 1 is 1.04 bits per heavy atom. The summed E-state index contributed by atoms with van der Waals surface area (Å²) in [6.07, 6.45) is 2.72. The van der Waals surface area contributed by atoms with Crippen LogP contribution in [0, 0.1) is 6.92 Å². The molecule has 3 aromatic carbocycles. The van der Waals surface area contributed by atoms with Crippen LogP contribution < -0.4 is 5.32 Å². The molecule has 0 saturated heterocycles. The third-order valence-corrected chi connectivity index (χ3v) is 5.87. The van der Waals surface area contributed by atoms with E-state index >= 15 is 0 Å². The number of rotatable bonds is 2. The van der Waals surface area contributed by atoms with Gasteiger partial charge in [0, 0.05) is 27.1 Å². The van der Waals surface area contributed by atoms with Crippen molar-refractivity contribution in [3.8, 4) is 0 Å². The number of benzene rings is 3. The number of anilines is 2. The van der Waals surface area contributed by atoms with E-state index in [4.69, 9.17) is 0 Å². The normalized spacial score (nSPS) is 13.3. The second kappa shape index (κ2) is 5.74. The second-order valence-corrected chi connectivity index (χ2v) is 7.55. The van der Waals surface area contributed by atoms with Gasteiger partial charge in [0.2, 0.25) is 0 Å². The number of fused-ring (bicyclic) bond motifs is 4. The van der Waals surface area contributed by atoms with E-state index in [1.807, 2.05) is 11.8 Å². The lowest BCUT2D eigenvalue weighted by Crippen LogP contribution is -1.99. The highest BCUT2D eigenvalue weighted by atomic mass is 32.2. The summed E-state index contributed by atoms with van der Waals surface area (Å²) in [5.74, 6) is 2.04. The van der Waals surface area contributed by atoms with Crippen molar-refractivity contribution in [1.82, 2.24) is 9.97 Å². The minimum absolute atomic E-state index is 0.900. The number of aryl methyl sites for hydroxylation is 2. The summed E-state index contributed by atoms with van der Waals surface area (Å²) >= 11 is 1.92. The molecule has 1 N–H and O–H groups in total. The Morgan fingerprint density at radius 2 is 2.00 bits per heavy atom. The fourth-order valence-electron chi connectivity index (χ4n) is 3.58. The molecule has 5 rings (SSSR count). The van der Waals surface area contributed by atoms with Crippen molar-refractivity contribution >= 4 is 44.9 Å². The number of nitrogens with zero attached hydrogens (tertiary/aromatic N) is 2. The Bertz CT molecular complexity index is 1120. The molecule has 0 atom stereocenters. The van der Waals surface area contributed by atoms with Gasteiger partial charge in [-0.2, -0.15) is 0 Å². The number of aromatic nitrogens is 2. The molecule has 4 aromatic rings. The summed E-state index contributed by atoms with van der Waals surface area (Å²) in [7, 11) is 0. The molecule has 3 nitrogen and oxygen atoms in total. The van der Waals surface area contributed by atoms with E-state index in [0.29, 0.717) is 0 Å². The third kappa shape index (κ3) is 2.45. The average Bonchev–Trinajstić information content (AvgIpc) is 3.10. The van der Waals surface area contributed by atoms with E-state index in [0.717, 1.165) is 34.6 Å². The monoisotopic (exact) mass is 343 g/mol. The predicted octanol–water partition coefficient (Wildman–Crippen LogP) is 5.48. The minimum atomic E-state index is 0.900. The summed E-state index contributed by atoms with van der Waals surface area (Å²) in [6, 6.07) is 17.2. The van der Waals surface area contributed by atoms with Crippen molar-refractivity contribution in [1.29, 1.82) is 0 Å². The minimum Gasteiger partial charge on any atom is -0.339 e. The molecule has 2 heterocycles. The molecule has 0 aliphatic carbocycles. The van der Waals surface area contributed by atoms with Crippen LogP contribution in [0.25, 0.3) is 21.7 Å². The molecular formula is C21H17N3S. The first-order chi connectivity index (χ1) is 12.3. The Labute approximate surface area is 150 Å². The maximum atomic E-state index is 4.57. The van der Waals surface area contributed by atoms with E-state index in [-0.39, 0.29) is 0 Å². The van der Waals surface area contributed by atoms with Gasteiger partial charge >= 0.3 is 0 Å². The summed E-state index contributed by atoms with van der Waals surface area (Å²) in [6.45, 7) is 2.12. The Hall–Kier alpha value is -2.59. The Balaban J connectivity index is 1.70. The van der Waals surface area contributed by atoms with E-state index in [2.05, 4.69) is 70.7 Å². The lowest BCUT2D eigenvalue weighted by atomic mass is 10.0. The van der Waals surface area contributed by atoms with E-state index < -0.39 is 0 Å². The third-order valence-electron chi connectivity index (χ3n) is 4.77. The summed E-state index contributed by atoms with van der Waals surface area (Å²) in [4.78, 5) is 10.4. The van der Waals surface area contributed by atoms with Crippen molar-refractivity contribution in [3.63, 3.8) is 0 Å². The van der Waals surface area contributed by atoms with Crippen LogP contribution in [0.5, 0.6) is 0 Å². The zero-order valence-electron chi connectivity index (χ0n) is 13.9. The molecule has 4 heteroatoms. The number of hydrogen-bond donors (Lipinski definition) is 1. The maximum absolute atomic E-state index is 4.57. The molecule has 122 valence electrons. The first-order valence-electron chi connectivity index (χ1n) is 8.45. The number of hydrogen-bond acceptors (Lipinski definition) is 4. The molecule has 1 aliphatic heterocycles. The average molecular weight is 343 g/mol. The SMILES string of the molecule is Cc1ccc2c(Nc3ncnc4ccc5c(c34)CCS5)cccc2c1. The molecule has 0 spiro atoms. The van der Waals surface area contributed by atoms with Crippen LogP contribution in [0.15, 0.2) is 59.8 Å². The first kappa shape index (κ1) is 14.7. The fraction of sp³-hybridized carbons (Fsp3) is 0.143. The second-order valence-electron chi connectivity index (χ2n) is 6.41. The molecule has 0 amide bonds. The zero-order valence-corrected chi connectivity index (χ0v) is 14.7. The van der Waals surface area contributed by atoms with Gasteiger partial charge in [-0.05, 0) is 42.5 Å². The van der Waals surface area contributed by atoms with Gasteiger partial charge < -0.3 is 5.32 Å². The van der Waals surface area contributed by atoms with E-state index in [1.165, 1.54) is 26.8 Å². The van der Waals surface area contributed by atoms with Crippen LogP contribution >= 0.6 is 11.8 Å². The molecule has 25 heavy (non-hydrogen) atoms. The summed E-state index contributed by atoms with van der Waals surface area (Å²) in [5.41, 5.74) is 4.74. The molecule has 1 aliphatic rings. The van der Waals surface area contributed by atoms with E-state index in [9.17, 15) is 0 Å². The van der Waals surface area contributed by atoms with Gasteiger partial charge in [-0.25, -0.2) is 9.97 Å². The molecule has 0 fully saturated rings. The van der Waals surface area contributed by atoms with Crippen molar-refractivity contribution in [3.05, 3.63) is 66.0 Å². The largest absolute Gasteiger partial charge is 0.339 e. The van der Waals surface area contributed by atoms with Crippen LogP contribution in [0.4, 0.5) is 11.5 Å². The van der Waals surface area contributed by atoms with Crippen molar-refractivity contribution in [2.45, 2.75) is 18.2 Å². The zero-order chi connectivity index (χ0) is 16.8. The number of thioether (sulfide) groups is 1. The number of nitrogens with one attached hydrogen (secondary N) is 1. The van der Waals surface area contributed by atoms with Crippen molar-refractivity contribution in [2.75, 3.05) is 11.1 Å². The van der Waals surface area contributed by atoms with Crippen LogP contribution in [0.1, 0.15) is 11.1 Å². The van der Waals surface area contributed by atoms with Gasteiger partial charge in [0.15, 0.2) is 0 Å². The van der Waals surface area contributed by atoms with Gasteiger partial charge in [0.25, 0.3) is 0 Å². The lowest BCUT2D eigenvalue weighted by Gasteiger charge is -2.13. The van der Waals surface area contributed by atoms with Crippen molar-refractivity contribution < 1.29 is 0 Å². The smallest absolute Gasteiger partial charge is 0.142 e. The Kier molecular flexibility index (Phi) is 3.38. The standard InChI is InChI=1S/C21H17N3S/c1-13-5-6-15-14(11-13)3-2-4-17(15)24-21-20-16-9-10-25-19(16)8-7-18(20)22-12-23-21/h2-8,11-12H,9-10H2,1H3,(H,22,23,24). The Morgan fingerprint density at radius 3 is 2.96 bits per heavy atom. The van der Waals surface area contributed by atoms with E-state index in [1.54, 1.807) is 6.33 Å². The van der Waals surface area contributed by atoms with Gasteiger partial charge in [-0.1, -0.05) is 35.9 Å². The maximum Gasteiger partial charge on any atom is 0.142 e. The highest BCUT2D eigenvalue weighted by molar-refractivity contribution is 7.99. The van der Waals surface area contributed by atoms with Gasteiger partial charge in [0.05, 0.1) is 5.52 Å². The molecular weight excluding hydrogens is 326 g/mol. The lowest BCUT2D eigenvalue weighted by molar-refractivity contribution is 1.14. The molecule has 0 radical (unpaired) electrons. The molecule has 0 saturated carbocycles. The summed E-state index contributed by atoms with van der Waals surface area (Å²) < 4.78 is 0. The molecule has 0 unspecified atom stereocenters. The first-order valence-corrected chi connectivity index (χ1v) is 9.44.